The lowest BCUT2D eigenvalue weighted by atomic mass is 10.0. The third-order valence-electron chi connectivity index (χ3n) is 2.82. The molecule has 18 heavy (non-hydrogen) atoms. The summed E-state index contributed by atoms with van der Waals surface area (Å²) >= 11 is 0. The molecule has 2 aromatic rings. The number of anilines is 1. The summed E-state index contributed by atoms with van der Waals surface area (Å²) in [6.45, 7) is 0.980. The molecule has 2 N–H and O–H groups in total. The summed E-state index contributed by atoms with van der Waals surface area (Å²) in [6.07, 6.45) is 0.918. The Morgan fingerprint density at radius 1 is 1.00 bits per heavy atom. The lowest BCUT2D eigenvalue weighted by Gasteiger charge is -2.10. The first-order valence-corrected chi connectivity index (χ1v) is 6.12. The molecule has 93 valence electrons. The van der Waals surface area contributed by atoms with E-state index < -0.39 is 0 Å². The van der Waals surface area contributed by atoms with Crippen LogP contribution in [0, 0.1) is 6.07 Å². The zero-order valence-corrected chi connectivity index (χ0v) is 11.0. The molecule has 0 saturated heterocycles. The molecular weight excluding hydrogens is 220 g/mol. The Labute approximate surface area is 109 Å². The van der Waals surface area contributed by atoms with Gasteiger partial charge in [0.1, 0.15) is 0 Å². The predicted octanol–water partition coefficient (Wildman–Crippen LogP) is 2.72. The van der Waals surface area contributed by atoms with Crippen molar-refractivity contribution in [2.45, 2.75) is 13.0 Å². The monoisotopic (exact) mass is 239 g/mol. The van der Waals surface area contributed by atoms with Crippen molar-refractivity contribution < 1.29 is 0 Å². The molecule has 0 heterocycles. The van der Waals surface area contributed by atoms with Crippen molar-refractivity contribution >= 4 is 5.69 Å². The van der Waals surface area contributed by atoms with E-state index in [0.717, 1.165) is 13.0 Å². The highest BCUT2D eigenvalue weighted by molar-refractivity contribution is 5.41. The molecular formula is C16H19N2. The third-order valence-corrected chi connectivity index (χ3v) is 2.82. The molecule has 2 rings (SSSR count). The van der Waals surface area contributed by atoms with Crippen molar-refractivity contribution in [3.05, 3.63) is 65.2 Å². The number of nitrogens with two attached hydrogens (primary N) is 1. The number of hydrogen-bond donors (Lipinski definition) is 1. The Bertz CT molecular complexity index is 501. The normalized spacial score (nSPS) is 10.8. The lowest BCUT2D eigenvalue weighted by molar-refractivity contribution is 0.402. The van der Waals surface area contributed by atoms with E-state index in [2.05, 4.69) is 55.4 Å². The van der Waals surface area contributed by atoms with Gasteiger partial charge >= 0.3 is 0 Å². The van der Waals surface area contributed by atoms with Gasteiger partial charge in [-0.15, -0.1) is 0 Å². The largest absolute Gasteiger partial charge is 0.398 e. The molecule has 2 heteroatoms. The molecule has 0 unspecified atom stereocenters. The van der Waals surface area contributed by atoms with Crippen LogP contribution in [0.1, 0.15) is 16.7 Å². The second-order valence-corrected chi connectivity index (χ2v) is 4.88. The highest BCUT2D eigenvalue weighted by Crippen LogP contribution is 2.13. The summed E-state index contributed by atoms with van der Waals surface area (Å²) in [5.41, 5.74) is 10.3. The quantitative estimate of drug-likeness (QED) is 0.831. The summed E-state index contributed by atoms with van der Waals surface area (Å²) in [5, 5.41) is 0. The fourth-order valence-electron chi connectivity index (χ4n) is 2.01. The fourth-order valence-corrected chi connectivity index (χ4v) is 2.01. The van der Waals surface area contributed by atoms with Crippen LogP contribution in [-0.2, 0) is 13.0 Å². The van der Waals surface area contributed by atoms with Gasteiger partial charge in [-0.25, -0.2) is 0 Å². The number of hydrogen-bond acceptors (Lipinski definition) is 2. The average molecular weight is 239 g/mol. The van der Waals surface area contributed by atoms with E-state index in [0.29, 0.717) is 5.69 Å². The van der Waals surface area contributed by atoms with Crippen molar-refractivity contribution in [3.8, 4) is 0 Å². The minimum absolute atomic E-state index is 0.705. The van der Waals surface area contributed by atoms with Crippen molar-refractivity contribution in [2.75, 3.05) is 19.8 Å². The number of rotatable bonds is 4. The Morgan fingerprint density at radius 3 is 2.28 bits per heavy atom. The topological polar surface area (TPSA) is 29.3 Å². The first-order valence-electron chi connectivity index (χ1n) is 6.12. The third kappa shape index (κ3) is 3.60. The smallest absolute Gasteiger partial charge is 0.0397 e. The van der Waals surface area contributed by atoms with Crippen molar-refractivity contribution in [2.24, 2.45) is 0 Å². The summed E-state index contributed by atoms with van der Waals surface area (Å²) in [6, 6.07) is 17.6. The van der Waals surface area contributed by atoms with Gasteiger partial charge < -0.3 is 10.6 Å². The minimum Gasteiger partial charge on any atom is -0.398 e. The van der Waals surface area contributed by atoms with E-state index in [4.69, 9.17) is 5.73 Å². The molecule has 0 aliphatic heterocycles. The Kier molecular flexibility index (Phi) is 4.00. The molecule has 0 aliphatic carbocycles. The van der Waals surface area contributed by atoms with E-state index in [-0.39, 0.29) is 0 Å². The molecule has 0 fully saturated rings. The Morgan fingerprint density at radius 2 is 1.67 bits per heavy atom. The SMILES string of the molecule is CN(C)Cc1ccc(Cc2cc[c]c(N)c2)cc1. The van der Waals surface area contributed by atoms with Crippen molar-refractivity contribution in [1.29, 1.82) is 0 Å². The van der Waals surface area contributed by atoms with Gasteiger partial charge in [0.05, 0.1) is 0 Å². The molecule has 0 atom stereocenters. The standard InChI is InChI=1S/C16H19N2/c1-18(2)12-14-8-6-13(7-9-14)10-15-4-3-5-16(17)11-15/h3-4,6-9,11H,10,12,17H2,1-2H3. The van der Waals surface area contributed by atoms with E-state index in [9.17, 15) is 0 Å². The maximum Gasteiger partial charge on any atom is 0.0397 e. The van der Waals surface area contributed by atoms with Gasteiger partial charge in [-0.05, 0) is 43.3 Å². The highest BCUT2D eigenvalue weighted by atomic mass is 15.0. The van der Waals surface area contributed by atoms with Crippen molar-refractivity contribution in [1.82, 2.24) is 4.90 Å². The van der Waals surface area contributed by atoms with Gasteiger partial charge in [-0.1, -0.05) is 36.4 Å². The molecule has 0 spiro atoms. The summed E-state index contributed by atoms with van der Waals surface area (Å²) < 4.78 is 0. The zero-order valence-electron chi connectivity index (χ0n) is 11.0. The van der Waals surface area contributed by atoms with Crippen LogP contribution < -0.4 is 5.73 Å². The molecule has 0 aliphatic rings. The van der Waals surface area contributed by atoms with Crippen LogP contribution in [0.5, 0.6) is 0 Å². The maximum atomic E-state index is 5.73. The second-order valence-electron chi connectivity index (χ2n) is 4.88. The Balaban J connectivity index is 2.06. The van der Waals surface area contributed by atoms with Crippen LogP contribution in [0.4, 0.5) is 5.69 Å². The molecule has 0 bridgehead atoms. The summed E-state index contributed by atoms with van der Waals surface area (Å²) in [7, 11) is 4.16. The molecule has 0 saturated carbocycles. The van der Waals surface area contributed by atoms with Crippen molar-refractivity contribution in [3.63, 3.8) is 0 Å². The predicted molar refractivity (Wildman–Crippen MR) is 76.3 cm³/mol. The van der Waals surface area contributed by atoms with Gasteiger partial charge in [0.15, 0.2) is 0 Å². The van der Waals surface area contributed by atoms with Crippen LogP contribution in [0.15, 0.2) is 42.5 Å². The van der Waals surface area contributed by atoms with E-state index in [1.165, 1.54) is 16.7 Å². The average Bonchev–Trinajstić information content (AvgIpc) is 2.31. The van der Waals surface area contributed by atoms with Gasteiger partial charge in [0.2, 0.25) is 0 Å². The van der Waals surface area contributed by atoms with E-state index in [1.54, 1.807) is 0 Å². The highest BCUT2D eigenvalue weighted by Gasteiger charge is 1.99. The molecule has 2 nitrogen and oxygen atoms in total. The van der Waals surface area contributed by atoms with Crippen LogP contribution in [0.3, 0.4) is 0 Å². The number of benzene rings is 2. The lowest BCUT2D eigenvalue weighted by Crippen LogP contribution is -2.10. The van der Waals surface area contributed by atoms with Gasteiger partial charge in [0, 0.05) is 18.3 Å². The second kappa shape index (κ2) is 5.69. The first kappa shape index (κ1) is 12.7. The first-order chi connectivity index (χ1) is 8.63. The molecule has 0 amide bonds. The summed E-state index contributed by atoms with van der Waals surface area (Å²) in [4.78, 5) is 2.17. The van der Waals surface area contributed by atoms with Crippen LogP contribution in [0.2, 0.25) is 0 Å². The minimum atomic E-state index is 0.705. The molecule has 1 radical (unpaired) electrons. The van der Waals surface area contributed by atoms with Crippen LogP contribution in [0.25, 0.3) is 0 Å². The van der Waals surface area contributed by atoms with Crippen LogP contribution in [-0.4, -0.2) is 19.0 Å². The zero-order chi connectivity index (χ0) is 13.0. The van der Waals surface area contributed by atoms with E-state index in [1.807, 2.05) is 12.1 Å². The van der Waals surface area contributed by atoms with Gasteiger partial charge in [-0.2, -0.15) is 0 Å². The number of nitrogen functional groups attached to an aromatic ring is 1. The Hall–Kier alpha value is -1.80. The van der Waals surface area contributed by atoms with E-state index >= 15 is 0 Å². The van der Waals surface area contributed by atoms with Gasteiger partial charge in [-0.3, -0.25) is 0 Å². The maximum absolute atomic E-state index is 5.73. The molecule has 0 aromatic heterocycles. The number of nitrogens with zero attached hydrogens (tertiary/aromatic N) is 1. The molecule has 2 aromatic carbocycles. The van der Waals surface area contributed by atoms with Gasteiger partial charge in [0.25, 0.3) is 0 Å². The van der Waals surface area contributed by atoms with Crippen LogP contribution >= 0.6 is 0 Å². The summed E-state index contributed by atoms with van der Waals surface area (Å²) in [5.74, 6) is 0. The fraction of sp³-hybridized carbons (Fsp3) is 0.250.